The second-order valence-corrected chi connectivity index (χ2v) is 14.8. The van der Waals surface area contributed by atoms with Crippen molar-refractivity contribution < 1.29 is 14.4 Å². The maximum Gasteiger partial charge on any atom is 0.323 e. The standard InChI is InChI=1S/C34H43ClN8O3S/c1-2-23-17-22(18-27(35)30(23)36)19-28(32(44)41-14-12-40(13-15-41)29-21-39-8-3-24(29)4-9-39)37-33(45)42-10-5-26(6-11-42)43-20-25-7-16-47-31(25)38-34(43)46/h1,7,16-18,24,26,28-29H,3-6,8-15,19-21,36H2,(H,37,45)(H,38,46)/t28-,29?/m1/s1. The molecule has 2 aromatic rings. The Morgan fingerprint density at radius 2 is 1.81 bits per heavy atom. The number of carbonyl (C=O) groups excluding carboxylic acids is 3. The number of benzene rings is 1. The summed E-state index contributed by atoms with van der Waals surface area (Å²) < 4.78 is 0. The lowest BCUT2D eigenvalue weighted by Crippen LogP contribution is -2.63. The lowest BCUT2D eigenvalue weighted by Gasteiger charge is -2.51. The molecule has 6 aliphatic heterocycles. The number of carbonyl (C=O) groups is 3. The number of fused-ring (bicyclic) bond motifs is 4. The number of piperazine rings is 1. The first kappa shape index (κ1) is 32.1. The van der Waals surface area contributed by atoms with Crippen LogP contribution in [0, 0.1) is 18.3 Å². The number of anilines is 2. The van der Waals surface area contributed by atoms with Gasteiger partial charge in [0.15, 0.2) is 0 Å². The topological polar surface area (TPSA) is 117 Å². The zero-order chi connectivity index (χ0) is 32.7. The van der Waals surface area contributed by atoms with E-state index in [1.807, 2.05) is 21.2 Å². The van der Waals surface area contributed by atoms with Gasteiger partial charge in [-0.05, 0) is 73.8 Å². The van der Waals surface area contributed by atoms with Gasteiger partial charge in [-0.15, -0.1) is 17.8 Å². The minimum Gasteiger partial charge on any atom is -0.397 e. The highest BCUT2D eigenvalue weighted by Crippen LogP contribution is 2.33. The van der Waals surface area contributed by atoms with Gasteiger partial charge in [-0.3, -0.25) is 15.0 Å². The predicted molar refractivity (Wildman–Crippen MR) is 184 cm³/mol. The Bertz CT molecular complexity index is 1550. The molecule has 0 aliphatic carbocycles. The maximum atomic E-state index is 14.1. The molecule has 250 valence electrons. The fraction of sp³-hybridized carbons (Fsp3) is 0.559. The fourth-order valence-electron chi connectivity index (χ4n) is 8.10. The van der Waals surface area contributed by atoms with Crippen molar-refractivity contribution >= 4 is 51.6 Å². The minimum absolute atomic E-state index is 0.0381. The van der Waals surface area contributed by atoms with E-state index in [4.69, 9.17) is 23.8 Å². The van der Waals surface area contributed by atoms with Gasteiger partial charge in [0.2, 0.25) is 5.91 Å². The highest BCUT2D eigenvalue weighted by molar-refractivity contribution is 7.14. The van der Waals surface area contributed by atoms with Crippen LogP contribution in [0.3, 0.4) is 0 Å². The molecule has 1 aromatic carbocycles. The molecular formula is C34H43ClN8O3S. The quantitative estimate of drug-likeness (QED) is 0.319. The minimum atomic E-state index is -0.793. The van der Waals surface area contributed by atoms with Crippen LogP contribution in [0.25, 0.3) is 0 Å². The zero-order valence-corrected chi connectivity index (χ0v) is 28.2. The van der Waals surface area contributed by atoms with E-state index in [-0.39, 0.29) is 30.4 Å². The van der Waals surface area contributed by atoms with Crippen molar-refractivity contribution in [2.45, 2.75) is 56.8 Å². The van der Waals surface area contributed by atoms with Crippen molar-refractivity contribution in [3.8, 4) is 12.3 Å². The monoisotopic (exact) mass is 678 g/mol. The molecule has 47 heavy (non-hydrogen) atoms. The van der Waals surface area contributed by atoms with Crippen molar-refractivity contribution in [1.82, 2.24) is 29.8 Å². The Kier molecular flexibility index (Phi) is 9.24. The fourth-order valence-corrected chi connectivity index (χ4v) is 9.14. The number of terminal acetylenes is 1. The van der Waals surface area contributed by atoms with E-state index >= 15 is 0 Å². The number of likely N-dealkylation sites (tertiary alicyclic amines) is 1. The molecule has 6 aliphatic rings. The van der Waals surface area contributed by atoms with Gasteiger partial charge in [-0.1, -0.05) is 17.5 Å². The van der Waals surface area contributed by atoms with Crippen LogP contribution in [0.2, 0.25) is 5.02 Å². The van der Waals surface area contributed by atoms with Crippen LogP contribution in [-0.4, -0.2) is 119 Å². The van der Waals surface area contributed by atoms with Gasteiger partial charge in [0.25, 0.3) is 0 Å². The van der Waals surface area contributed by atoms with Gasteiger partial charge < -0.3 is 30.7 Å². The molecular weight excluding hydrogens is 636 g/mol. The summed E-state index contributed by atoms with van der Waals surface area (Å²) in [6.07, 6.45) is 9.79. The number of nitrogens with two attached hydrogens (primary N) is 1. The number of hydrogen-bond donors (Lipinski definition) is 3. The van der Waals surface area contributed by atoms with E-state index in [0.717, 1.165) is 41.7 Å². The van der Waals surface area contributed by atoms with Crippen LogP contribution < -0.4 is 16.4 Å². The number of piperidine rings is 4. The first-order valence-electron chi connectivity index (χ1n) is 16.8. The maximum absolute atomic E-state index is 14.1. The molecule has 2 atom stereocenters. The number of nitrogens with zero attached hydrogens (tertiary/aromatic N) is 5. The van der Waals surface area contributed by atoms with E-state index < -0.39 is 6.04 Å². The molecule has 1 aromatic heterocycles. The normalized spacial score (nSPS) is 25.6. The number of nitrogens with one attached hydrogen (secondary N) is 2. The number of halogens is 1. The summed E-state index contributed by atoms with van der Waals surface area (Å²) in [4.78, 5) is 51.3. The molecule has 4 N–H and O–H groups in total. The van der Waals surface area contributed by atoms with Crippen LogP contribution in [-0.2, 0) is 17.8 Å². The Balaban J connectivity index is 1.01. The summed E-state index contributed by atoms with van der Waals surface area (Å²) in [7, 11) is 0. The largest absolute Gasteiger partial charge is 0.397 e. The second kappa shape index (κ2) is 13.5. The third-order valence-electron chi connectivity index (χ3n) is 10.9. The average molecular weight is 679 g/mol. The predicted octanol–water partition coefficient (Wildman–Crippen LogP) is 3.34. The van der Waals surface area contributed by atoms with Crippen molar-refractivity contribution in [3.63, 3.8) is 0 Å². The van der Waals surface area contributed by atoms with Crippen LogP contribution in [0.15, 0.2) is 23.6 Å². The highest BCUT2D eigenvalue weighted by atomic mass is 35.5. The number of thiophene rings is 1. The second-order valence-electron chi connectivity index (χ2n) is 13.5. The lowest BCUT2D eigenvalue weighted by atomic mass is 9.83. The molecule has 11 nitrogen and oxygen atoms in total. The van der Waals surface area contributed by atoms with Crippen molar-refractivity contribution in [2.24, 2.45) is 5.92 Å². The molecule has 13 heteroatoms. The molecule has 0 radical (unpaired) electrons. The number of rotatable bonds is 6. The third kappa shape index (κ3) is 6.64. The van der Waals surface area contributed by atoms with Gasteiger partial charge in [-0.25, -0.2) is 9.59 Å². The molecule has 2 bridgehead atoms. The molecule has 5 fully saturated rings. The highest BCUT2D eigenvalue weighted by Gasteiger charge is 2.40. The Morgan fingerprint density at radius 1 is 1.06 bits per heavy atom. The SMILES string of the molecule is C#Cc1cc(C[C@@H](NC(=O)N2CCC(N3Cc4ccsc4NC3=O)CC2)C(=O)N2CCN(C3CN4CCC3CC4)CC2)cc(Cl)c1N. The first-order valence-corrected chi connectivity index (χ1v) is 18.0. The Hall–Kier alpha value is -3.50. The summed E-state index contributed by atoms with van der Waals surface area (Å²) in [5.74, 6) is 3.22. The summed E-state index contributed by atoms with van der Waals surface area (Å²) in [5.41, 5.74) is 8.73. The number of nitrogen functional groups attached to an aromatic ring is 1. The van der Waals surface area contributed by atoms with Crippen LogP contribution >= 0.6 is 22.9 Å². The summed E-state index contributed by atoms with van der Waals surface area (Å²) >= 11 is 7.95. The molecule has 1 unspecified atom stereocenters. The van der Waals surface area contributed by atoms with Crippen LogP contribution in [0.1, 0.15) is 42.4 Å². The number of amides is 5. The van der Waals surface area contributed by atoms with E-state index in [1.54, 1.807) is 17.0 Å². The van der Waals surface area contributed by atoms with Crippen LogP contribution in [0.5, 0.6) is 0 Å². The molecule has 8 rings (SSSR count). The molecule has 0 saturated carbocycles. The van der Waals surface area contributed by atoms with Gasteiger partial charge in [-0.2, -0.15) is 0 Å². The number of hydrogen-bond acceptors (Lipinski definition) is 7. The van der Waals surface area contributed by atoms with Gasteiger partial charge in [0.1, 0.15) is 11.0 Å². The summed E-state index contributed by atoms with van der Waals surface area (Å²) in [5, 5.41) is 9.30. The summed E-state index contributed by atoms with van der Waals surface area (Å²) in [6, 6.07) is 4.98. The van der Waals surface area contributed by atoms with Gasteiger partial charge >= 0.3 is 12.1 Å². The van der Waals surface area contributed by atoms with E-state index in [2.05, 4.69) is 26.4 Å². The van der Waals surface area contributed by atoms with E-state index in [1.165, 1.54) is 37.3 Å². The third-order valence-corrected chi connectivity index (χ3v) is 12.0. The molecule has 0 spiro atoms. The number of urea groups is 2. The van der Waals surface area contributed by atoms with Crippen LogP contribution in [0.4, 0.5) is 20.3 Å². The zero-order valence-electron chi connectivity index (χ0n) is 26.6. The van der Waals surface area contributed by atoms with Crippen molar-refractivity contribution in [2.75, 3.05) is 70.0 Å². The van der Waals surface area contributed by atoms with E-state index in [0.29, 0.717) is 67.9 Å². The smallest absolute Gasteiger partial charge is 0.323 e. The molecule has 7 heterocycles. The Morgan fingerprint density at radius 3 is 2.49 bits per heavy atom. The van der Waals surface area contributed by atoms with Crippen molar-refractivity contribution in [3.05, 3.63) is 45.3 Å². The Labute approximate surface area is 285 Å². The van der Waals surface area contributed by atoms with E-state index in [9.17, 15) is 14.4 Å². The lowest BCUT2D eigenvalue weighted by molar-refractivity contribution is -0.136. The average Bonchev–Trinajstić information content (AvgIpc) is 3.56. The molecule has 5 amide bonds. The summed E-state index contributed by atoms with van der Waals surface area (Å²) in [6.45, 7) is 8.02. The molecule has 5 saturated heterocycles. The van der Waals surface area contributed by atoms with Gasteiger partial charge in [0.05, 0.1) is 17.3 Å². The van der Waals surface area contributed by atoms with Gasteiger partial charge in [0, 0.05) is 75.4 Å². The first-order chi connectivity index (χ1) is 22.8. The van der Waals surface area contributed by atoms with Crippen molar-refractivity contribution in [1.29, 1.82) is 0 Å².